The van der Waals surface area contributed by atoms with Crippen LogP contribution in [0.4, 0.5) is 0 Å². The molecular formula is C17H13Cl3N4O2S. The molecule has 0 unspecified atom stereocenters. The Morgan fingerprint density at radius 1 is 1.19 bits per heavy atom. The minimum absolute atomic E-state index is 0.0641. The number of thiocarbonyl (C=S) groups is 1. The molecule has 0 aliphatic carbocycles. The zero-order valence-electron chi connectivity index (χ0n) is 13.9. The largest absolute Gasteiger partial charge is 0.351 e. The first-order chi connectivity index (χ1) is 12.9. The molecule has 0 saturated carbocycles. The first-order valence-electron chi connectivity index (χ1n) is 7.65. The average Bonchev–Trinajstić information content (AvgIpc) is 2.90. The molecule has 0 saturated heterocycles. The van der Waals surface area contributed by atoms with E-state index in [2.05, 4.69) is 10.6 Å². The lowest BCUT2D eigenvalue weighted by Crippen LogP contribution is -2.24. The predicted octanol–water partition coefficient (Wildman–Crippen LogP) is 3.93. The number of nitrogens with zero attached hydrogens (tertiary/aromatic N) is 3. The summed E-state index contributed by atoms with van der Waals surface area (Å²) < 4.78 is 2.47. The molecule has 140 valence electrons. The van der Waals surface area contributed by atoms with E-state index < -0.39 is 0 Å². The molecule has 0 aliphatic heterocycles. The Bertz CT molecular complexity index is 1060. The molecule has 0 spiro atoms. The second-order valence-electron chi connectivity index (χ2n) is 5.49. The molecule has 0 fully saturated rings. The van der Waals surface area contributed by atoms with Crippen molar-refractivity contribution >= 4 is 52.0 Å². The number of halogens is 3. The van der Waals surface area contributed by atoms with E-state index in [0.717, 1.165) is 10.2 Å². The number of hydrogen-bond acceptors (Lipinski definition) is 4. The third-order valence-electron chi connectivity index (χ3n) is 3.69. The summed E-state index contributed by atoms with van der Waals surface area (Å²) in [6.07, 6.45) is 0. The second kappa shape index (κ2) is 8.41. The number of hydroxylamine groups is 1. The molecule has 10 heteroatoms. The zero-order chi connectivity index (χ0) is 19.6. The molecule has 0 aliphatic rings. The lowest BCUT2D eigenvalue weighted by Gasteiger charge is -2.12. The van der Waals surface area contributed by atoms with Gasteiger partial charge in [-0.05, 0) is 29.8 Å². The van der Waals surface area contributed by atoms with Crippen molar-refractivity contribution < 1.29 is 4.84 Å². The number of hydrogen-bond donors (Lipinski definition) is 1. The molecule has 27 heavy (non-hydrogen) atoms. The van der Waals surface area contributed by atoms with Gasteiger partial charge in [-0.25, -0.2) is 14.0 Å². The minimum Gasteiger partial charge on any atom is -0.270 e. The van der Waals surface area contributed by atoms with Gasteiger partial charge in [0.1, 0.15) is 11.6 Å². The molecule has 0 bridgehead atoms. The van der Waals surface area contributed by atoms with E-state index in [9.17, 15) is 4.79 Å². The van der Waals surface area contributed by atoms with Crippen LogP contribution in [-0.4, -0.2) is 19.3 Å². The highest BCUT2D eigenvalue weighted by atomic mass is 35.5. The first kappa shape index (κ1) is 19.9. The number of benzene rings is 2. The van der Waals surface area contributed by atoms with Crippen molar-refractivity contribution in [3.8, 4) is 5.69 Å². The summed E-state index contributed by atoms with van der Waals surface area (Å²) in [6, 6.07) is 12.2. The summed E-state index contributed by atoms with van der Waals surface area (Å²) in [5, 5.41) is 4.83. The minimum atomic E-state index is -0.355. The van der Waals surface area contributed by atoms with Gasteiger partial charge in [-0.1, -0.05) is 59.7 Å². The second-order valence-corrected chi connectivity index (χ2v) is 7.05. The lowest BCUT2D eigenvalue weighted by molar-refractivity contribution is 0.0731. The highest BCUT2D eigenvalue weighted by molar-refractivity contribution is 7.80. The summed E-state index contributed by atoms with van der Waals surface area (Å²) in [4.78, 5) is 18.1. The van der Waals surface area contributed by atoms with Gasteiger partial charge >= 0.3 is 5.69 Å². The fourth-order valence-corrected chi connectivity index (χ4v) is 3.12. The lowest BCUT2D eigenvalue weighted by atomic mass is 10.2. The molecular weight excluding hydrogens is 431 g/mol. The van der Waals surface area contributed by atoms with Crippen molar-refractivity contribution in [2.75, 3.05) is 0 Å². The normalized spacial score (nSPS) is 10.8. The van der Waals surface area contributed by atoms with Crippen LogP contribution in [0.1, 0.15) is 11.1 Å². The van der Waals surface area contributed by atoms with E-state index in [1.165, 1.54) is 11.6 Å². The predicted molar refractivity (Wildman–Crippen MR) is 110 cm³/mol. The van der Waals surface area contributed by atoms with Crippen LogP contribution in [0.3, 0.4) is 0 Å². The summed E-state index contributed by atoms with van der Waals surface area (Å²) in [7, 11) is 1.53. The van der Waals surface area contributed by atoms with E-state index in [1.54, 1.807) is 30.3 Å². The van der Waals surface area contributed by atoms with Crippen LogP contribution in [0.5, 0.6) is 0 Å². The van der Waals surface area contributed by atoms with Gasteiger partial charge in [0, 0.05) is 18.2 Å². The number of para-hydroxylation sites is 1. The van der Waals surface area contributed by atoms with Gasteiger partial charge in [0.2, 0.25) is 5.28 Å². The number of aromatic nitrogens is 3. The van der Waals surface area contributed by atoms with Crippen molar-refractivity contribution in [1.82, 2.24) is 19.8 Å². The standard InChI is InChI=1S/C17H13Cl3N4O2S/c1-23-17(25)24(16(20)21-23)14-5-3-2-4-11(14)9-26-22-15(27)10-6-7-12(18)13(19)8-10/h2-8H,9H2,1H3,(H,22,27). The van der Waals surface area contributed by atoms with Gasteiger partial charge in [0.15, 0.2) is 0 Å². The maximum absolute atomic E-state index is 12.2. The third kappa shape index (κ3) is 4.34. The fraction of sp³-hybridized carbons (Fsp3) is 0.118. The summed E-state index contributed by atoms with van der Waals surface area (Å²) in [5.74, 6) is 0. The Morgan fingerprint density at radius 3 is 2.59 bits per heavy atom. The van der Waals surface area contributed by atoms with Gasteiger partial charge in [-0.2, -0.15) is 0 Å². The summed E-state index contributed by atoms with van der Waals surface area (Å²) >= 11 is 23.3. The molecule has 0 radical (unpaired) electrons. The summed E-state index contributed by atoms with van der Waals surface area (Å²) in [6.45, 7) is 0.134. The highest BCUT2D eigenvalue weighted by Gasteiger charge is 2.14. The van der Waals surface area contributed by atoms with Crippen LogP contribution >= 0.6 is 47.0 Å². The molecule has 6 nitrogen and oxygen atoms in total. The Kier molecular flexibility index (Phi) is 6.18. The van der Waals surface area contributed by atoms with E-state index in [1.807, 2.05) is 12.1 Å². The van der Waals surface area contributed by atoms with Crippen molar-refractivity contribution in [2.24, 2.45) is 7.05 Å². The molecule has 1 N–H and O–H groups in total. The topological polar surface area (TPSA) is 61.1 Å². The van der Waals surface area contributed by atoms with E-state index in [4.69, 9.17) is 51.9 Å². The van der Waals surface area contributed by atoms with E-state index in [-0.39, 0.29) is 17.6 Å². The Hall–Kier alpha value is -1.90. The van der Waals surface area contributed by atoms with Crippen LogP contribution in [0, 0.1) is 0 Å². The maximum atomic E-state index is 12.2. The monoisotopic (exact) mass is 442 g/mol. The molecule has 0 amide bonds. The average molecular weight is 444 g/mol. The molecule has 2 aromatic carbocycles. The van der Waals surface area contributed by atoms with Crippen LogP contribution in [0.15, 0.2) is 47.3 Å². The van der Waals surface area contributed by atoms with Crippen molar-refractivity contribution in [2.45, 2.75) is 6.61 Å². The van der Waals surface area contributed by atoms with Crippen LogP contribution < -0.4 is 11.2 Å². The van der Waals surface area contributed by atoms with Gasteiger partial charge < -0.3 is 0 Å². The number of nitrogens with one attached hydrogen (secondary N) is 1. The van der Waals surface area contributed by atoms with Crippen LogP contribution in [0.25, 0.3) is 5.69 Å². The van der Waals surface area contributed by atoms with Crippen LogP contribution in [0.2, 0.25) is 15.3 Å². The van der Waals surface area contributed by atoms with E-state index >= 15 is 0 Å². The van der Waals surface area contributed by atoms with Crippen molar-refractivity contribution in [3.63, 3.8) is 0 Å². The van der Waals surface area contributed by atoms with Gasteiger partial charge in [0.05, 0.1) is 15.7 Å². The summed E-state index contributed by atoms with van der Waals surface area (Å²) in [5.41, 5.74) is 4.30. The van der Waals surface area contributed by atoms with E-state index in [0.29, 0.717) is 26.3 Å². The van der Waals surface area contributed by atoms with Crippen molar-refractivity contribution in [1.29, 1.82) is 0 Å². The van der Waals surface area contributed by atoms with Gasteiger partial charge in [0.25, 0.3) is 0 Å². The van der Waals surface area contributed by atoms with Gasteiger partial charge in [-0.15, -0.1) is 5.10 Å². The molecule has 3 aromatic rings. The number of aryl methyl sites for hydroxylation is 1. The Labute approximate surface area is 175 Å². The third-order valence-corrected chi connectivity index (χ3v) is 4.99. The molecule has 1 aromatic heterocycles. The molecule has 3 rings (SSSR count). The zero-order valence-corrected chi connectivity index (χ0v) is 17.0. The van der Waals surface area contributed by atoms with Gasteiger partial charge in [-0.3, -0.25) is 10.3 Å². The quantitative estimate of drug-likeness (QED) is 0.478. The Morgan fingerprint density at radius 2 is 1.93 bits per heavy atom. The maximum Gasteiger partial charge on any atom is 0.351 e. The SMILES string of the molecule is Cn1nc(Cl)n(-c2ccccc2CONC(=S)c2ccc(Cl)c(Cl)c2)c1=O. The van der Waals surface area contributed by atoms with Crippen LogP contribution in [-0.2, 0) is 18.5 Å². The fourth-order valence-electron chi connectivity index (χ4n) is 2.36. The number of rotatable bonds is 5. The molecule has 0 atom stereocenters. The smallest absolute Gasteiger partial charge is 0.270 e. The highest BCUT2D eigenvalue weighted by Crippen LogP contribution is 2.23. The first-order valence-corrected chi connectivity index (χ1v) is 9.19. The van der Waals surface area contributed by atoms with Crippen molar-refractivity contribution in [3.05, 3.63) is 79.4 Å². The Balaban J connectivity index is 1.75. The molecule has 1 heterocycles.